The summed E-state index contributed by atoms with van der Waals surface area (Å²) < 4.78 is 63.8. The average Bonchev–Trinajstić information content (AvgIpc) is 3.40. The van der Waals surface area contributed by atoms with Crippen molar-refractivity contribution in [3.8, 4) is 17.6 Å². The second-order valence-electron chi connectivity index (χ2n) is 11.7. The van der Waals surface area contributed by atoms with Gasteiger partial charge in [0.2, 0.25) is 5.79 Å². The third-order valence-electron chi connectivity index (χ3n) is 7.59. The maximum atomic E-state index is 13.1. The van der Waals surface area contributed by atoms with Gasteiger partial charge < -0.3 is 23.8 Å². The van der Waals surface area contributed by atoms with Gasteiger partial charge in [-0.25, -0.2) is 17.6 Å². The summed E-state index contributed by atoms with van der Waals surface area (Å²) in [5.74, 6) is 5.71. The lowest BCUT2D eigenvalue weighted by atomic mass is 10.0. The number of cyclic esters (lactones) is 1. The molecule has 1 saturated heterocycles. The molecule has 0 spiro atoms. The molecular formula is C35H39FN2O7S. The predicted octanol–water partition coefficient (Wildman–Crippen LogP) is 6.78. The first kappa shape index (κ1) is 33.3. The van der Waals surface area contributed by atoms with Crippen LogP contribution in [0.2, 0.25) is 0 Å². The zero-order valence-corrected chi connectivity index (χ0v) is 26.9. The predicted molar refractivity (Wildman–Crippen MR) is 171 cm³/mol. The number of carbonyl (C=O) groups excluding carboxylic acids is 1. The highest BCUT2D eigenvalue weighted by molar-refractivity contribution is 7.92. The number of amides is 1. The number of halogens is 1. The van der Waals surface area contributed by atoms with Gasteiger partial charge in [0.15, 0.2) is 0 Å². The van der Waals surface area contributed by atoms with Gasteiger partial charge in [-0.1, -0.05) is 36.8 Å². The minimum atomic E-state index is -3.83. The van der Waals surface area contributed by atoms with Crippen molar-refractivity contribution in [2.75, 3.05) is 31.0 Å². The molecule has 0 aliphatic carbocycles. The quantitative estimate of drug-likeness (QED) is 0.161. The number of fused-ring (bicyclic) bond motifs is 1. The Morgan fingerprint density at radius 1 is 1.02 bits per heavy atom. The van der Waals surface area contributed by atoms with E-state index in [1.165, 1.54) is 36.4 Å². The van der Waals surface area contributed by atoms with E-state index in [1.807, 2.05) is 32.0 Å². The number of unbranched alkanes of at least 4 members (excludes halogenated alkanes) is 3. The molecule has 9 nitrogen and oxygen atoms in total. The molecule has 1 amide bonds. The Morgan fingerprint density at radius 3 is 2.65 bits per heavy atom. The number of nitrogens with one attached hydrogen (secondary N) is 1. The molecule has 1 atom stereocenters. The lowest BCUT2D eigenvalue weighted by molar-refractivity contribution is -0.180. The Hall–Kier alpha value is -4.11. The third-order valence-corrected chi connectivity index (χ3v) is 8.97. The number of benzene rings is 3. The molecule has 11 heteroatoms. The molecule has 2 aliphatic rings. The molecule has 46 heavy (non-hydrogen) atoms. The summed E-state index contributed by atoms with van der Waals surface area (Å²) in [7, 11) is -3.83. The van der Waals surface area contributed by atoms with Crippen LogP contribution in [0.5, 0.6) is 5.75 Å². The van der Waals surface area contributed by atoms with Gasteiger partial charge in [0.1, 0.15) is 17.7 Å². The number of nitrogens with zero attached hydrogens (tertiary/aromatic N) is 1. The van der Waals surface area contributed by atoms with Gasteiger partial charge in [0.25, 0.3) is 10.0 Å². The average molecular weight is 651 g/mol. The summed E-state index contributed by atoms with van der Waals surface area (Å²) in [6.45, 7) is 6.51. The monoisotopic (exact) mass is 650 g/mol. The van der Waals surface area contributed by atoms with Crippen molar-refractivity contribution in [2.24, 2.45) is 0 Å². The molecule has 244 valence electrons. The fourth-order valence-corrected chi connectivity index (χ4v) is 6.25. The highest BCUT2D eigenvalue weighted by Gasteiger charge is 2.33. The highest BCUT2D eigenvalue weighted by atomic mass is 32.2. The molecular weight excluding hydrogens is 611 g/mol. The maximum absolute atomic E-state index is 13.1. The van der Waals surface area contributed by atoms with Crippen LogP contribution in [0.3, 0.4) is 0 Å². The minimum Gasteiger partial charge on any atom is -0.463 e. The van der Waals surface area contributed by atoms with Gasteiger partial charge in [0, 0.05) is 50.2 Å². The zero-order valence-electron chi connectivity index (χ0n) is 26.1. The van der Waals surface area contributed by atoms with Crippen molar-refractivity contribution < 1.29 is 36.6 Å². The number of hydrogen-bond donors (Lipinski definition) is 1. The first-order valence-corrected chi connectivity index (χ1v) is 16.9. The molecule has 0 bridgehead atoms. The maximum Gasteiger partial charge on any atom is 0.410 e. The van der Waals surface area contributed by atoms with E-state index in [0.29, 0.717) is 44.9 Å². The van der Waals surface area contributed by atoms with E-state index in [4.69, 9.17) is 18.9 Å². The topological polar surface area (TPSA) is 103 Å². The Balaban J connectivity index is 0.943. The Morgan fingerprint density at radius 2 is 1.83 bits per heavy atom. The van der Waals surface area contributed by atoms with Gasteiger partial charge in [0.05, 0.1) is 24.7 Å². The van der Waals surface area contributed by atoms with Crippen molar-refractivity contribution >= 4 is 21.8 Å². The molecule has 0 radical (unpaired) electrons. The lowest BCUT2D eigenvalue weighted by Gasteiger charge is -2.32. The van der Waals surface area contributed by atoms with E-state index >= 15 is 0 Å². The number of carbonyl (C=O) groups is 1. The zero-order chi connectivity index (χ0) is 32.6. The first-order chi connectivity index (χ1) is 22.1. The number of hydrogen-bond acceptors (Lipinski definition) is 7. The van der Waals surface area contributed by atoms with Crippen molar-refractivity contribution in [1.29, 1.82) is 0 Å². The summed E-state index contributed by atoms with van der Waals surface area (Å²) in [5, 5.41) is 0. The molecule has 3 aromatic rings. The van der Waals surface area contributed by atoms with Crippen LogP contribution in [0.1, 0.15) is 68.7 Å². The fraction of sp³-hybridized carbons (Fsp3) is 0.400. The summed E-state index contributed by atoms with van der Waals surface area (Å²) in [6, 6.07) is 17.3. The molecule has 0 unspecified atom stereocenters. The summed E-state index contributed by atoms with van der Waals surface area (Å²) in [5.41, 5.74) is 2.75. The Kier molecular flexibility index (Phi) is 10.8. The fourth-order valence-electron chi connectivity index (χ4n) is 5.15. The molecule has 2 aliphatic heterocycles. The number of ether oxygens (including phenoxy) is 4. The van der Waals surface area contributed by atoms with E-state index in [1.54, 1.807) is 17.0 Å². The normalized spacial score (nSPS) is 17.0. The molecule has 2 heterocycles. The van der Waals surface area contributed by atoms with Crippen LogP contribution in [0.4, 0.5) is 14.9 Å². The lowest BCUT2D eigenvalue weighted by Crippen LogP contribution is -2.35. The Labute approximate surface area is 270 Å². The second kappa shape index (κ2) is 15.0. The van der Waals surface area contributed by atoms with Crippen molar-refractivity contribution in [3.63, 3.8) is 0 Å². The van der Waals surface area contributed by atoms with E-state index in [9.17, 15) is 17.6 Å². The Bertz CT molecular complexity index is 1680. The van der Waals surface area contributed by atoms with Crippen molar-refractivity contribution in [2.45, 2.75) is 69.3 Å². The van der Waals surface area contributed by atoms with Crippen LogP contribution in [0, 0.1) is 17.7 Å². The van der Waals surface area contributed by atoms with Gasteiger partial charge >= 0.3 is 6.09 Å². The highest BCUT2D eigenvalue weighted by Crippen LogP contribution is 2.35. The number of anilines is 1. The summed E-state index contributed by atoms with van der Waals surface area (Å²) in [6.07, 6.45) is 3.72. The van der Waals surface area contributed by atoms with Gasteiger partial charge in [-0.05, 0) is 73.0 Å². The number of sulfonamides is 1. The van der Waals surface area contributed by atoms with Crippen LogP contribution < -0.4 is 9.46 Å². The molecule has 0 saturated carbocycles. The summed E-state index contributed by atoms with van der Waals surface area (Å²) >= 11 is 0. The molecule has 0 aromatic heterocycles. The third kappa shape index (κ3) is 9.22. The van der Waals surface area contributed by atoms with Crippen LogP contribution in [-0.2, 0) is 30.8 Å². The number of rotatable bonds is 13. The minimum absolute atomic E-state index is 0.0750. The van der Waals surface area contributed by atoms with Crippen LogP contribution in [0.15, 0.2) is 71.6 Å². The molecule has 1 fully saturated rings. The smallest absolute Gasteiger partial charge is 0.410 e. The van der Waals surface area contributed by atoms with Crippen LogP contribution in [0.25, 0.3) is 0 Å². The van der Waals surface area contributed by atoms with Gasteiger partial charge in [-0.3, -0.25) is 4.72 Å². The molecule has 5 rings (SSSR count). The summed E-state index contributed by atoms with van der Waals surface area (Å²) in [4.78, 5) is 14.3. The SMILES string of the molecule is CC1(C)OCc2cc([C@@H]3CN(CCCCCCOCCC#Cc4cccc(S(=O)(=O)Nc5ccc(F)cc5)c4)C(=O)O3)ccc2O1. The van der Waals surface area contributed by atoms with E-state index in [0.717, 1.165) is 42.6 Å². The van der Waals surface area contributed by atoms with E-state index < -0.39 is 21.6 Å². The largest absolute Gasteiger partial charge is 0.463 e. The molecule has 1 N–H and O–H groups in total. The van der Waals surface area contributed by atoms with Gasteiger partial charge in [-0.15, -0.1) is 0 Å². The van der Waals surface area contributed by atoms with Crippen LogP contribution >= 0.6 is 0 Å². The second-order valence-corrected chi connectivity index (χ2v) is 13.4. The standard InChI is InChI=1S/C35H39FN2O7S/c1-35(2)43-25-28-23-27(13-18-32(28)45-35)33-24-38(34(39)44-33)19-6-3-4-7-20-42-21-8-5-10-26-11-9-12-31(22-26)46(40,41)37-30-16-14-29(36)15-17-30/h9,11-18,22-23,33,37H,3-4,6-8,19-21,24-25H2,1-2H3/t33-/m0/s1. The van der Waals surface area contributed by atoms with Crippen molar-refractivity contribution in [1.82, 2.24) is 4.90 Å². The van der Waals surface area contributed by atoms with Crippen molar-refractivity contribution in [3.05, 3.63) is 89.2 Å². The molecule has 3 aromatic carbocycles. The van der Waals surface area contributed by atoms with E-state index in [-0.39, 0.29) is 22.8 Å². The van der Waals surface area contributed by atoms with E-state index in [2.05, 4.69) is 16.6 Å². The van der Waals surface area contributed by atoms with Crippen LogP contribution in [-0.4, -0.2) is 51.5 Å². The first-order valence-electron chi connectivity index (χ1n) is 15.4. The van der Waals surface area contributed by atoms with Gasteiger partial charge in [-0.2, -0.15) is 0 Å².